The van der Waals surface area contributed by atoms with Crippen molar-refractivity contribution in [3.05, 3.63) is 59.7 Å². The summed E-state index contributed by atoms with van der Waals surface area (Å²) in [5, 5.41) is 9.45. The Morgan fingerprint density at radius 2 is 1.26 bits per heavy atom. The van der Waals surface area contributed by atoms with Gasteiger partial charge in [0.1, 0.15) is 0 Å². The first-order valence-electron chi connectivity index (χ1n) is 8.40. The van der Waals surface area contributed by atoms with Gasteiger partial charge in [-0.15, -0.1) is 0 Å². The Morgan fingerprint density at radius 1 is 0.815 bits per heavy atom. The summed E-state index contributed by atoms with van der Waals surface area (Å²) in [6.45, 7) is 3.24. The van der Waals surface area contributed by atoms with Crippen molar-refractivity contribution in [1.82, 2.24) is 9.44 Å². The lowest BCUT2D eigenvalue weighted by Crippen LogP contribution is -2.40. The van der Waals surface area contributed by atoms with Crippen LogP contribution in [0.4, 0.5) is 0 Å². The molecule has 9 heteroatoms. The van der Waals surface area contributed by atoms with Crippen molar-refractivity contribution >= 4 is 20.0 Å². The number of aliphatic hydroxyl groups is 1. The molecule has 2 rings (SSSR count). The number of aliphatic hydroxyl groups excluding tert-OH is 1. The summed E-state index contributed by atoms with van der Waals surface area (Å²) >= 11 is 0. The molecule has 2 aromatic rings. The summed E-state index contributed by atoms with van der Waals surface area (Å²) in [4.78, 5) is 0.223. The highest BCUT2D eigenvalue weighted by molar-refractivity contribution is 7.89. The molecule has 0 fully saturated rings. The zero-order valence-electron chi connectivity index (χ0n) is 15.2. The summed E-state index contributed by atoms with van der Waals surface area (Å²) in [7, 11) is -7.49. The summed E-state index contributed by atoms with van der Waals surface area (Å²) in [5.41, 5.74) is 1.87. The van der Waals surface area contributed by atoms with Gasteiger partial charge in [-0.25, -0.2) is 26.3 Å². The van der Waals surface area contributed by atoms with Gasteiger partial charge < -0.3 is 5.11 Å². The molecule has 0 unspecified atom stereocenters. The lowest BCUT2D eigenvalue weighted by Gasteiger charge is -2.17. The summed E-state index contributed by atoms with van der Waals surface area (Å²) in [6.07, 6.45) is 0.104. The lowest BCUT2D eigenvalue weighted by atomic mass is 10.2. The number of hydrogen-bond acceptors (Lipinski definition) is 5. The Balaban J connectivity index is 1.97. The minimum absolute atomic E-state index is 0.0160. The van der Waals surface area contributed by atoms with Crippen molar-refractivity contribution in [3.8, 4) is 0 Å². The molecule has 2 aromatic carbocycles. The van der Waals surface area contributed by atoms with Crippen molar-refractivity contribution < 1.29 is 21.9 Å². The topological polar surface area (TPSA) is 113 Å². The van der Waals surface area contributed by atoms with Crippen LogP contribution >= 0.6 is 0 Å². The molecule has 0 saturated heterocycles. The van der Waals surface area contributed by atoms with Gasteiger partial charge in [0.15, 0.2) is 0 Å². The molecule has 1 atom stereocenters. The van der Waals surface area contributed by atoms with Gasteiger partial charge in [-0.05, 0) is 44.5 Å². The van der Waals surface area contributed by atoms with Crippen LogP contribution in [0.25, 0.3) is 0 Å². The maximum Gasteiger partial charge on any atom is 0.240 e. The maximum atomic E-state index is 12.4. The van der Waals surface area contributed by atoms with Crippen molar-refractivity contribution in [2.75, 3.05) is 13.2 Å². The largest absolute Gasteiger partial charge is 0.395 e. The van der Waals surface area contributed by atoms with Gasteiger partial charge in [-0.2, -0.15) is 0 Å². The average molecular weight is 413 g/mol. The minimum Gasteiger partial charge on any atom is -0.395 e. The number of rotatable bonds is 9. The number of aryl methyl sites for hydroxylation is 2. The standard InChI is InChI=1S/C18H24N2O5S2/c1-14-3-7-17(8-4-14)26(22,23)19-12-11-16(13-21)20-27(24,25)18-9-5-15(2)6-10-18/h3-10,16,19-21H,11-13H2,1-2H3/t16-/m0/s1. The van der Waals surface area contributed by atoms with E-state index in [1.165, 1.54) is 24.3 Å². The molecular weight excluding hydrogens is 388 g/mol. The molecule has 0 bridgehead atoms. The third kappa shape index (κ3) is 6.12. The highest BCUT2D eigenvalue weighted by Crippen LogP contribution is 2.12. The second kappa shape index (κ2) is 8.94. The molecule has 0 spiro atoms. The van der Waals surface area contributed by atoms with Crippen LogP contribution in [0.5, 0.6) is 0 Å². The smallest absolute Gasteiger partial charge is 0.240 e. The van der Waals surface area contributed by atoms with Gasteiger partial charge in [0.2, 0.25) is 20.0 Å². The molecule has 0 aliphatic heterocycles. The zero-order chi connectivity index (χ0) is 20.1. The molecule has 148 valence electrons. The van der Waals surface area contributed by atoms with Gasteiger partial charge in [0, 0.05) is 12.6 Å². The maximum absolute atomic E-state index is 12.4. The van der Waals surface area contributed by atoms with Crippen LogP contribution < -0.4 is 9.44 Å². The molecule has 0 aliphatic rings. The van der Waals surface area contributed by atoms with Crippen LogP contribution in [-0.4, -0.2) is 41.1 Å². The molecule has 0 aromatic heterocycles. The Kier molecular flexibility index (Phi) is 7.12. The van der Waals surface area contributed by atoms with Gasteiger partial charge in [0.25, 0.3) is 0 Å². The SMILES string of the molecule is Cc1ccc(S(=O)(=O)NCC[C@@H](CO)NS(=O)(=O)c2ccc(C)cc2)cc1. The fourth-order valence-corrected chi connectivity index (χ4v) is 4.67. The van der Waals surface area contributed by atoms with Crippen LogP contribution in [0.2, 0.25) is 0 Å². The first-order valence-corrected chi connectivity index (χ1v) is 11.4. The third-order valence-corrected chi connectivity index (χ3v) is 7.00. The predicted molar refractivity (Wildman–Crippen MR) is 103 cm³/mol. The second-order valence-corrected chi connectivity index (χ2v) is 9.79. The monoisotopic (exact) mass is 412 g/mol. The Labute approximate surface area is 160 Å². The third-order valence-electron chi connectivity index (χ3n) is 3.99. The fourth-order valence-electron chi connectivity index (χ4n) is 2.36. The van der Waals surface area contributed by atoms with E-state index >= 15 is 0 Å². The van der Waals surface area contributed by atoms with E-state index in [0.29, 0.717) is 0 Å². The van der Waals surface area contributed by atoms with E-state index in [4.69, 9.17) is 0 Å². The van der Waals surface area contributed by atoms with Crippen LogP contribution in [-0.2, 0) is 20.0 Å². The normalized spacial score (nSPS) is 13.4. The molecular formula is C18H24N2O5S2. The Hall–Kier alpha value is -1.78. The molecule has 0 saturated carbocycles. The Morgan fingerprint density at radius 3 is 1.70 bits per heavy atom. The summed E-state index contributed by atoms with van der Waals surface area (Å²) in [6, 6.07) is 11.9. The molecule has 0 aliphatic carbocycles. The second-order valence-electron chi connectivity index (χ2n) is 6.31. The minimum atomic E-state index is -3.80. The lowest BCUT2D eigenvalue weighted by molar-refractivity contribution is 0.251. The van der Waals surface area contributed by atoms with Gasteiger partial charge in [0.05, 0.1) is 16.4 Å². The van der Waals surface area contributed by atoms with Crippen molar-refractivity contribution in [2.24, 2.45) is 0 Å². The van der Waals surface area contributed by atoms with E-state index in [1.54, 1.807) is 24.3 Å². The molecule has 0 amide bonds. The molecule has 7 nitrogen and oxygen atoms in total. The molecule has 0 heterocycles. The van der Waals surface area contributed by atoms with Crippen LogP contribution in [0.15, 0.2) is 58.3 Å². The van der Waals surface area contributed by atoms with Gasteiger partial charge in [-0.1, -0.05) is 35.4 Å². The first-order chi connectivity index (χ1) is 12.6. The van der Waals surface area contributed by atoms with Crippen LogP contribution in [0, 0.1) is 13.8 Å². The van der Waals surface area contributed by atoms with E-state index in [1.807, 2.05) is 13.8 Å². The fraction of sp³-hybridized carbons (Fsp3) is 0.333. The van der Waals surface area contributed by atoms with E-state index < -0.39 is 32.7 Å². The highest BCUT2D eigenvalue weighted by Gasteiger charge is 2.20. The molecule has 27 heavy (non-hydrogen) atoms. The van der Waals surface area contributed by atoms with Crippen LogP contribution in [0.3, 0.4) is 0 Å². The van der Waals surface area contributed by atoms with Crippen molar-refractivity contribution in [3.63, 3.8) is 0 Å². The highest BCUT2D eigenvalue weighted by atomic mass is 32.2. The quantitative estimate of drug-likeness (QED) is 0.575. The van der Waals surface area contributed by atoms with E-state index in [0.717, 1.165) is 11.1 Å². The number of sulfonamides is 2. The number of hydrogen-bond donors (Lipinski definition) is 3. The Bertz CT molecular complexity index is 954. The number of nitrogens with one attached hydrogen (secondary N) is 2. The zero-order valence-corrected chi connectivity index (χ0v) is 16.8. The van der Waals surface area contributed by atoms with E-state index in [-0.39, 0.29) is 22.8 Å². The number of benzene rings is 2. The van der Waals surface area contributed by atoms with Gasteiger partial charge in [-0.3, -0.25) is 0 Å². The van der Waals surface area contributed by atoms with E-state index in [9.17, 15) is 21.9 Å². The predicted octanol–water partition coefficient (Wildman–Crippen LogP) is 1.31. The van der Waals surface area contributed by atoms with Crippen molar-refractivity contribution in [1.29, 1.82) is 0 Å². The van der Waals surface area contributed by atoms with Crippen LogP contribution in [0.1, 0.15) is 17.5 Å². The summed E-state index contributed by atoms with van der Waals surface area (Å²) < 4.78 is 54.0. The molecule has 3 N–H and O–H groups in total. The average Bonchev–Trinajstić information content (AvgIpc) is 2.61. The first kappa shape index (κ1) is 21.5. The van der Waals surface area contributed by atoms with Gasteiger partial charge >= 0.3 is 0 Å². The van der Waals surface area contributed by atoms with Crippen molar-refractivity contribution in [2.45, 2.75) is 36.1 Å². The molecule has 0 radical (unpaired) electrons. The van der Waals surface area contributed by atoms with E-state index in [2.05, 4.69) is 9.44 Å². The summed E-state index contributed by atoms with van der Waals surface area (Å²) in [5.74, 6) is 0.